The maximum Gasteiger partial charge on any atom is 0.296 e. The minimum atomic E-state index is -4.13. The van der Waals surface area contributed by atoms with Gasteiger partial charge in [-0.2, -0.15) is 10.1 Å². The molecule has 10 heteroatoms. The summed E-state index contributed by atoms with van der Waals surface area (Å²) in [5, 5.41) is 4.72. The number of aromatic nitrogens is 3. The Bertz CT molecular complexity index is 696. The van der Waals surface area contributed by atoms with Crippen LogP contribution in [0.5, 0.6) is 0 Å². The second-order valence-electron chi connectivity index (χ2n) is 3.15. The molecule has 18 heavy (non-hydrogen) atoms. The van der Waals surface area contributed by atoms with Crippen LogP contribution >= 0.6 is 26.6 Å². The summed E-state index contributed by atoms with van der Waals surface area (Å²) in [6, 6.07) is 2.01. The molecule has 1 aromatic carbocycles. The van der Waals surface area contributed by atoms with Crippen LogP contribution in [0.2, 0.25) is 0 Å². The highest BCUT2D eigenvalue weighted by molar-refractivity contribution is 9.10. The Kier molecular flexibility index (Phi) is 3.39. The van der Waals surface area contributed by atoms with Gasteiger partial charge in [-0.1, -0.05) is 15.9 Å². The van der Waals surface area contributed by atoms with Crippen LogP contribution in [0.3, 0.4) is 0 Å². The van der Waals surface area contributed by atoms with Gasteiger partial charge in [0.15, 0.2) is 5.82 Å². The zero-order valence-corrected chi connectivity index (χ0v) is 11.4. The first kappa shape index (κ1) is 13.4. The van der Waals surface area contributed by atoms with Gasteiger partial charge in [-0.05, 0) is 12.1 Å². The predicted molar refractivity (Wildman–Crippen MR) is 62.5 cm³/mol. The van der Waals surface area contributed by atoms with E-state index in [0.29, 0.717) is 0 Å². The fourth-order valence-electron chi connectivity index (χ4n) is 1.22. The van der Waals surface area contributed by atoms with Crippen molar-refractivity contribution in [1.29, 1.82) is 0 Å². The van der Waals surface area contributed by atoms with E-state index in [1.807, 2.05) is 5.10 Å². The highest BCUT2D eigenvalue weighted by Gasteiger charge is 2.21. The second-order valence-corrected chi connectivity index (χ2v) is 6.54. The van der Waals surface area contributed by atoms with Crippen LogP contribution in [0.1, 0.15) is 0 Å². The summed E-state index contributed by atoms with van der Waals surface area (Å²) in [4.78, 5) is 3.42. The molecule has 2 rings (SSSR count). The van der Waals surface area contributed by atoms with Gasteiger partial charge in [0.1, 0.15) is 11.6 Å². The largest absolute Gasteiger partial charge is 0.296 e. The molecule has 0 spiro atoms. The molecule has 1 heterocycles. The molecule has 0 fully saturated rings. The minimum absolute atomic E-state index is 0.196. The monoisotopic (exact) mass is 357 g/mol. The maximum atomic E-state index is 13.6. The van der Waals surface area contributed by atoms with Gasteiger partial charge in [-0.3, -0.25) is 0 Å². The van der Waals surface area contributed by atoms with E-state index in [-0.39, 0.29) is 4.47 Å². The van der Waals surface area contributed by atoms with Crippen LogP contribution in [0.4, 0.5) is 8.78 Å². The molecular weight excluding hydrogens is 356 g/mol. The summed E-state index contributed by atoms with van der Waals surface area (Å²) in [7, 11) is 0.873. The fraction of sp³-hybridized carbons (Fsp3) is 0. The lowest BCUT2D eigenvalue weighted by Crippen LogP contribution is -1.94. The Labute approximate surface area is 113 Å². The van der Waals surface area contributed by atoms with Crippen molar-refractivity contribution in [2.75, 3.05) is 0 Å². The van der Waals surface area contributed by atoms with Gasteiger partial charge >= 0.3 is 0 Å². The molecule has 0 atom stereocenters. The van der Waals surface area contributed by atoms with Crippen molar-refractivity contribution in [3.05, 3.63) is 28.2 Å². The van der Waals surface area contributed by atoms with Gasteiger partial charge in [0, 0.05) is 15.2 Å². The molecule has 2 aromatic rings. The Balaban J connectivity index is 2.60. The van der Waals surface area contributed by atoms with Crippen molar-refractivity contribution in [3.8, 4) is 11.4 Å². The molecule has 0 amide bonds. The van der Waals surface area contributed by atoms with E-state index in [1.54, 1.807) is 0 Å². The summed E-state index contributed by atoms with van der Waals surface area (Å²) in [5.41, 5.74) is -0.541. The van der Waals surface area contributed by atoms with Crippen LogP contribution in [0, 0.1) is 11.6 Å². The Morgan fingerprint density at radius 3 is 2.28 bits per heavy atom. The first-order chi connectivity index (χ1) is 8.29. The molecule has 0 aliphatic carbocycles. The molecule has 0 unspecified atom stereocenters. The van der Waals surface area contributed by atoms with Crippen molar-refractivity contribution in [3.63, 3.8) is 0 Å². The molecule has 0 bridgehead atoms. The molecule has 96 valence electrons. The highest BCUT2D eigenvalue weighted by Crippen LogP contribution is 2.27. The predicted octanol–water partition coefficient (Wildman–Crippen LogP) is 2.44. The van der Waals surface area contributed by atoms with Crippen LogP contribution in [0.25, 0.3) is 11.4 Å². The number of rotatable bonds is 2. The molecule has 0 saturated carbocycles. The standard InChI is InChI=1S/C8H3BrClF2N3O2S/c9-3-1-4(11)6(5(12)2-3)7-13-8(15-14-7)18(10,16)17/h1-2H,(H,13,14,15). The smallest absolute Gasteiger partial charge is 0.248 e. The van der Waals surface area contributed by atoms with Crippen LogP contribution < -0.4 is 0 Å². The minimum Gasteiger partial charge on any atom is -0.248 e. The first-order valence-electron chi connectivity index (χ1n) is 4.31. The number of hydrogen-bond acceptors (Lipinski definition) is 4. The van der Waals surface area contributed by atoms with Crippen molar-refractivity contribution in [2.45, 2.75) is 5.16 Å². The van der Waals surface area contributed by atoms with Crippen LogP contribution in [0.15, 0.2) is 21.8 Å². The topological polar surface area (TPSA) is 75.7 Å². The first-order valence-corrected chi connectivity index (χ1v) is 7.41. The number of H-pyrrole nitrogens is 1. The summed E-state index contributed by atoms with van der Waals surface area (Å²) in [5.74, 6) is -2.30. The number of hydrogen-bond donors (Lipinski definition) is 1. The zero-order valence-electron chi connectivity index (χ0n) is 8.29. The van der Waals surface area contributed by atoms with Gasteiger partial charge in [0.2, 0.25) is 0 Å². The van der Waals surface area contributed by atoms with Gasteiger partial charge in [0.05, 0.1) is 5.56 Å². The normalized spacial score (nSPS) is 11.8. The molecule has 0 aliphatic rings. The summed E-state index contributed by atoms with van der Waals surface area (Å²) < 4.78 is 49.2. The SMILES string of the molecule is O=S(=O)(Cl)c1nc(-c2c(F)cc(Br)cc2F)n[nH]1. The van der Waals surface area contributed by atoms with Crippen molar-refractivity contribution in [1.82, 2.24) is 15.2 Å². The third-order valence-electron chi connectivity index (χ3n) is 1.93. The molecule has 0 aliphatic heterocycles. The molecular formula is C8H3BrClF2N3O2S. The van der Waals surface area contributed by atoms with Crippen molar-refractivity contribution >= 4 is 35.7 Å². The van der Waals surface area contributed by atoms with E-state index in [1.165, 1.54) is 0 Å². The van der Waals surface area contributed by atoms with Gasteiger partial charge in [-0.25, -0.2) is 22.3 Å². The number of aromatic amines is 1. The maximum absolute atomic E-state index is 13.6. The molecule has 1 aromatic heterocycles. The Hall–Kier alpha value is -1.06. The Morgan fingerprint density at radius 2 is 1.83 bits per heavy atom. The van der Waals surface area contributed by atoms with E-state index in [9.17, 15) is 17.2 Å². The average Bonchev–Trinajstić information content (AvgIpc) is 2.64. The highest BCUT2D eigenvalue weighted by atomic mass is 79.9. The van der Waals surface area contributed by atoms with Gasteiger partial charge in [0.25, 0.3) is 14.2 Å². The third kappa shape index (κ3) is 2.52. The number of halogens is 4. The number of nitrogens with one attached hydrogen (secondary N) is 1. The van der Waals surface area contributed by atoms with Crippen LogP contribution in [-0.4, -0.2) is 23.6 Å². The van der Waals surface area contributed by atoms with Gasteiger partial charge < -0.3 is 0 Å². The molecule has 5 nitrogen and oxygen atoms in total. The molecule has 1 N–H and O–H groups in total. The summed E-state index contributed by atoms with van der Waals surface area (Å²) in [6.07, 6.45) is 0. The number of benzene rings is 1. The fourth-order valence-corrected chi connectivity index (χ4v) is 2.18. The Morgan fingerprint density at radius 1 is 1.28 bits per heavy atom. The van der Waals surface area contributed by atoms with E-state index in [4.69, 9.17) is 10.7 Å². The summed E-state index contributed by atoms with van der Waals surface area (Å²) in [6.45, 7) is 0. The van der Waals surface area contributed by atoms with Crippen LogP contribution in [-0.2, 0) is 9.05 Å². The second kappa shape index (κ2) is 4.56. The summed E-state index contributed by atoms with van der Waals surface area (Å²) >= 11 is 2.91. The number of nitrogens with zero attached hydrogens (tertiary/aromatic N) is 2. The lowest BCUT2D eigenvalue weighted by Gasteiger charge is -2.00. The van der Waals surface area contributed by atoms with E-state index in [0.717, 1.165) is 12.1 Å². The zero-order chi connectivity index (χ0) is 13.5. The third-order valence-corrected chi connectivity index (χ3v) is 3.47. The molecule has 0 radical (unpaired) electrons. The quantitative estimate of drug-likeness (QED) is 0.837. The van der Waals surface area contributed by atoms with Crippen molar-refractivity contribution < 1.29 is 17.2 Å². The molecule has 0 saturated heterocycles. The average molecular weight is 359 g/mol. The van der Waals surface area contributed by atoms with E-state index >= 15 is 0 Å². The van der Waals surface area contributed by atoms with E-state index < -0.39 is 37.2 Å². The van der Waals surface area contributed by atoms with Crippen molar-refractivity contribution in [2.24, 2.45) is 0 Å². The lowest BCUT2D eigenvalue weighted by atomic mass is 10.2. The lowest BCUT2D eigenvalue weighted by molar-refractivity contribution is 0.585. The van der Waals surface area contributed by atoms with Gasteiger partial charge in [-0.15, -0.1) is 0 Å². The van der Waals surface area contributed by atoms with E-state index in [2.05, 4.69) is 26.0 Å².